The minimum atomic E-state index is -0.265. The molecule has 2 rings (SSSR count). The summed E-state index contributed by atoms with van der Waals surface area (Å²) in [5.41, 5.74) is 0.474. The molecule has 0 atom stereocenters. The van der Waals surface area contributed by atoms with Crippen molar-refractivity contribution in [3.05, 3.63) is 18.2 Å². The van der Waals surface area contributed by atoms with Gasteiger partial charge in [0, 0.05) is 11.8 Å². The lowest BCUT2D eigenvalue weighted by atomic mass is 9.76. The first-order valence-electron chi connectivity index (χ1n) is 7.39. The number of carbonyl (C=O) groups is 1. The second kappa shape index (κ2) is 6.80. The van der Waals surface area contributed by atoms with Crippen LogP contribution in [0.1, 0.15) is 26.2 Å². The summed E-state index contributed by atoms with van der Waals surface area (Å²) in [5.74, 6) is 1.37. The van der Waals surface area contributed by atoms with E-state index in [4.69, 9.17) is 9.47 Å². The van der Waals surface area contributed by atoms with Gasteiger partial charge in [0.25, 0.3) is 0 Å². The zero-order chi connectivity index (χ0) is 15.3. The summed E-state index contributed by atoms with van der Waals surface area (Å²) < 4.78 is 10.5. The van der Waals surface area contributed by atoms with E-state index in [9.17, 15) is 4.79 Å². The SMILES string of the molecule is CCC1(C(=O)Nc2ccc(OC)c(OC)c2)CCNCC1. The topological polar surface area (TPSA) is 59.6 Å². The Morgan fingerprint density at radius 1 is 1.24 bits per heavy atom. The van der Waals surface area contributed by atoms with E-state index in [-0.39, 0.29) is 11.3 Å². The van der Waals surface area contributed by atoms with Crippen molar-refractivity contribution in [1.82, 2.24) is 5.32 Å². The molecule has 21 heavy (non-hydrogen) atoms. The van der Waals surface area contributed by atoms with Gasteiger partial charge in [0.15, 0.2) is 11.5 Å². The highest BCUT2D eigenvalue weighted by molar-refractivity contribution is 5.95. The van der Waals surface area contributed by atoms with Crippen molar-refractivity contribution >= 4 is 11.6 Å². The molecule has 1 saturated heterocycles. The third-order valence-corrected chi connectivity index (χ3v) is 4.36. The van der Waals surface area contributed by atoms with E-state index < -0.39 is 0 Å². The first kappa shape index (κ1) is 15.6. The summed E-state index contributed by atoms with van der Waals surface area (Å²) in [7, 11) is 3.18. The maximum absolute atomic E-state index is 12.7. The lowest BCUT2D eigenvalue weighted by Crippen LogP contribution is -2.44. The van der Waals surface area contributed by atoms with Crippen LogP contribution in [0.15, 0.2) is 18.2 Å². The molecule has 1 aromatic rings. The molecule has 2 N–H and O–H groups in total. The number of ether oxygens (including phenoxy) is 2. The number of hydrogen-bond acceptors (Lipinski definition) is 4. The van der Waals surface area contributed by atoms with Gasteiger partial charge in [-0.25, -0.2) is 0 Å². The third kappa shape index (κ3) is 3.29. The Balaban J connectivity index is 2.15. The summed E-state index contributed by atoms with van der Waals surface area (Å²) in [6.45, 7) is 3.87. The molecule has 0 saturated carbocycles. The van der Waals surface area contributed by atoms with Crippen LogP contribution in [-0.2, 0) is 4.79 Å². The van der Waals surface area contributed by atoms with Crippen LogP contribution >= 0.6 is 0 Å². The van der Waals surface area contributed by atoms with Crippen LogP contribution in [0.4, 0.5) is 5.69 Å². The van der Waals surface area contributed by atoms with Crippen molar-refractivity contribution in [2.45, 2.75) is 26.2 Å². The molecule has 1 fully saturated rings. The molecule has 0 spiro atoms. The molecule has 5 heteroatoms. The highest BCUT2D eigenvalue weighted by atomic mass is 16.5. The molecule has 1 amide bonds. The maximum atomic E-state index is 12.7. The van der Waals surface area contributed by atoms with Gasteiger partial charge in [-0.1, -0.05) is 6.92 Å². The number of piperidine rings is 1. The molecule has 5 nitrogen and oxygen atoms in total. The Morgan fingerprint density at radius 2 is 1.90 bits per heavy atom. The van der Waals surface area contributed by atoms with Crippen molar-refractivity contribution in [2.24, 2.45) is 5.41 Å². The molecule has 1 aliphatic heterocycles. The summed E-state index contributed by atoms with van der Waals surface area (Å²) >= 11 is 0. The Kier molecular flexibility index (Phi) is 5.07. The molecule has 0 bridgehead atoms. The Morgan fingerprint density at radius 3 is 2.48 bits per heavy atom. The van der Waals surface area contributed by atoms with Crippen molar-refractivity contribution in [2.75, 3.05) is 32.6 Å². The molecule has 0 aliphatic carbocycles. The highest BCUT2D eigenvalue weighted by Crippen LogP contribution is 2.35. The number of carbonyl (C=O) groups excluding carboxylic acids is 1. The van der Waals surface area contributed by atoms with E-state index in [0.29, 0.717) is 11.5 Å². The van der Waals surface area contributed by atoms with Gasteiger partial charge in [-0.15, -0.1) is 0 Å². The average Bonchev–Trinajstić information content (AvgIpc) is 2.55. The molecular weight excluding hydrogens is 268 g/mol. The van der Waals surface area contributed by atoms with Crippen LogP contribution in [0.2, 0.25) is 0 Å². The van der Waals surface area contributed by atoms with E-state index in [1.807, 2.05) is 6.07 Å². The van der Waals surface area contributed by atoms with E-state index in [1.165, 1.54) is 0 Å². The Hall–Kier alpha value is -1.75. The molecule has 116 valence electrons. The quantitative estimate of drug-likeness (QED) is 0.875. The van der Waals surface area contributed by atoms with Gasteiger partial charge in [0.2, 0.25) is 5.91 Å². The lowest BCUT2D eigenvalue weighted by molar-refractivity contribution is -0.127. The van der Waals surface area contributed by atoms with Crippen LogP contribution in [0.25, 0.3) is 0 Å². The number of nitrogens with one attached hydrogen (secondary N) is 2. The molecular formula is C16H24N2O3. The highest BCUT2D eigenvalue weighted by Gasteiger charge is 2.37. The summed E-state index contributed by atoms with van der Waals surface area (Å²) in [4.78, 5) is 12.7. The van der Waals surface area contributed by atoms with Crippen LogP contribution < -0.4 is 20.1 Å². The van der Waals surface area contributed by atoms with Crippen LogP contribution in [0.3, 0.4) is 0 Å². The number of amides is 1. The molecule has 0 aromatic heterocycles. The average molecular weight is 292 g/mol. The summed E-state index contributed by atoms with van der Waals surface area (Å²) in [6.07, 6.45) is 2.61. The number of methoxy groups -OCH3 is 2. The zero-order valence-corrected chi connectivity index (χ0v) is 13.0. The molecule has 1 aromatic carbocycles. The zero-order valence-electron chi connectivity index (χ0n) is 13.0. The second-order valence-corrected chi connectivity index (χ2v) is 5.41. The number of anilines is 1. The smallest absolute Gasteiger partial charge is 0.230 e. The first-order valence-corrected chi connectivity index (χ1v) is 7.39. The van der Waals surface area contributed by atoms with Gasteiger partial charge >= 0.3 is 0 Å². The Labute approximate surface area is 126 Å². The van der Waals surface area contributed by atoms with Gasteiger partial charge in [-0.2, -0.15) is 0 Å². The molecule has 1 aliphatic rings. The third-order valence-electron chi connectivity index (χ3n) is 4.36. The van der Waals surface area contributed by atoms with Gasteiger partial charge in [-0.3, -0.25) is 4.79 Å². The predicted molar refractivity (Wildman–Crippen MR) is 83.0 cm³/mol. The standard InChI is InChI=1S/C16H24N2O3/c1-4-16(7-9-17-10-8-16)15(19)18-12-5-6-13(20-2)14(11-12)21-3/h5-6,11,17H,4,7-10H2,1-3H3,(H,18,19). The Bertz CT molecular complexity index is 496. The minimum absolute atomic E-state index is 0.0960. The van der Waals surface area contributed by atoms with E-state index in [1.54, 1.807) is 26.4 Å². The van der Waals surface area contributed by atoms with Gasteiger partial charge < -0.3 is 20.1 Å². The predicted octanol–water partition coefficient (Wildman–Crippen LogP) is 2.42. The van der Waals surface area contributed by atoms with Gasteiger partial charge in [0.05, 0.1) is 19.6 Å². The number of hydrogen-bond donors (Lipinski definition) is 2. The first-order chi connectivity index (χ1) is 10.1. The van der Waals surface area contributed by atoms with Crippen LogP contribution in [0.5, 0.6) is 11.5 Å². The van der Waals surface area contributed by atoms with Gasteiger partial charge in [0.1, 0.15) is 0 Å². The van der Waals surface area contributed by atoms with Gasteiger partial charge in [-0.05, 0) is 44.5 Å². The van der Waals surface area contributed by atoms with Crippen molar-refractivity contribution < 1.29 is 14.3 Å². The fourth-order valence-electron chi connectivity index (χ4n) is 2.82. The summed E-state index contributed by atoms with van der Waals surface area (Å²) in [5, 5.41) is 6.34. The summed E-state index contributed by atoms with van der Waals surface area (Å²) in [6, 6.07) is 5.43. The molecule has 0 unspecified atom stereocenters. The number of benzene rings is 1. The fraction of sp³-hybridized carbons (Fsp3) is 0.562. The molecule has 1 heterocycles. The van der Waals surface area contributed by atoms with E-state index in [2.05, 4.69) is 17.6 Å². The lowest BCUT2D eigenvalue weighted by Gasteiger charge is -2.35. The van der Waals surface area contributed by atoms with Crippen molar-refractivity contribution in [1.29, 1.82) is 0 Å². The molecule has 0 radical (unpaired) electrons. The fourth-order valence-corrected chi connectivity index (χ4v) is 2.82. The van der Waals surface area contributed by atoms with Crippen molar-refractivity contribution in [3.8, 4) is 11.5 Å². The minimum Gasteiger partial charge on any atom is -0.493 e. The van der Waals surface area contributed by atoms with Crippen LogP contribution in [0, 0.1) is 5.41 Å². The maximum Gasteiger partial charge on any atom is 0.230 e. The van der Waals surface area contributed by atoms with Crippen LogP contribution in [-0.4, -0.2) is 33.2 Å². The second-order valence-electron chi connectivity index (χ2n) is 5.41. The monoisotopic (exact) mass is 292 g/mol. The number of rotatable bonds is 5. The normalized spacial score (nSPS) is 17.1. The van der Waals surface area contributed by atoms with Crippen molar-refractivity contribution in [3.63, 3.8) is 0 Å². The van der Waals surface area contributed by atoms with E-state index in [0.717, 1.165) is 38.0 Å². The largest absolute Gasteiger partial charge is 0.493 e. The van der Waals surface area contributed by atoms with E-state index >= 15 is 0 Å².